The van der Waals surface area contributed by atoms with Crippen molar-refractivity contribution in [1.29, 1.82) is 0 Å². The Morgan fingerprint density at radius 3 is 2.30 bits per heavy atom. The van der Waals surface area contributed by atoms with Crippen LogP contribution >= 0.6 is 0 Å². The number of anilines is 3. The van der Waals surface area contributed by atoms with E-state index < -0.39 is 0 Å². The van der Waals surface area contributed by atoms with Crippen LogP contribution in [0.2, 0.25) is 0 Å². The average Bonchev–Trinajstić information content (AvgIpc) is 2.93. The lowest BCUT2D eigenvalue weighted by molar-refractivity contribution is 0.102. The third kappa shape index (κ3) is 5.42. The topological polar surface area (TPSA) is 73.8 Å². The highest BCUT2D eigenvalue weighted by Gasteiger charge is 2.29. The molecule has 0 unspecified atom stereocenters. The summed E-state index contributed by atoms with van der Waals surface area (Å²) in [6.07, 6.45) is 3.28. The molecular formula is C28H33FN6O2. The van der Waals surface area contributed by atoms with E-state index in [0.29, 0.717) is 47.2 Å². The monoisotopic (exact) mass is 504 g/mol. The van der Waals surface area contributed by atoms with Gasteiger partial charge in [0.2, 0.25) is 5.95 Å². The van der Waals surface area contributed by atoms with E-state index in [9.17, 15) is 4.79 Å². The number of rotatable bonds is 5. The second kappa shape index (κ2) is 10.8. The van der Waals surface area contributed by atoms with Crippen molar-refractivity contribution in [2.24, 2.45) is 0 Å². The summed E-state index contributed by atoms with van der Waals surface area (Å²) in [6.45, 7) is 8.48. The third-order valence-corrected chi connectivity index (χ3v) is 7.31. The second-order valence-corrected chi connectivity index (χ2v) is 9.81. The molecule has 0 spiro atoms. The van der Waals surface area contributed by atoms with Crippen LogP contribution in [0.25, 0.3) is 11.1 Å². The van der Waals surface area contributed by atoms with E-state index in [0.717, 1.165) is 26.2 Å². The molecule has 5 rings (SSSR count). The Morgan fingerprint density at radius 1 is 1.00 bits per heavy atom. The lowest BCUT2D eigenvalue weighted by atomic mass is 10.0. The average molecular weight is 505 g/mol. The van der Waals surface area contributed by atoms with Crippen molar-refractivity contribution in [2.75, 3.05) is 61.6 Å². The minimum atomic E-state index is -0.380. The first-order chi connectivity index (χ1) is 17.9. The molecule has 3 aromatic rings. The van der Waals surface area contributed by atoms with E-state index in [4.69, 9.17) is 4.74 Å². The largest absolute Gasteiger partial charge is 0.378 e. The Kier molecular flexibility index (Phi) is 7.34. The minimum absolute atomic E-state index is 0.242. The van der Waals surface area contributed by atoms with Crippen LogP contribution in [-0.2, 0) is 4.74 Å². The summed E-state index contributed by atoms with van der Waals surface area (Å²) in [5.41, 5.74) is 2.67. The van der Waals surface area contributed by atoms with Gasteiger partial charge in [-0.3, -0.25) is 9.69 Å². The summed E-state index contributed by atoms with van der Waals surface area (Å²) in [6, 6.07) is 12.8. The highest BCUT2D eigenvalue weighted by Crippen LogP contribution is 2.36. The number of halogens is 1. The molecule has 0 saturated carbocycles. The van der Waals surface area contributed by atoms with E-state index in [1.54, 1.807) is 30.6 Å². The van der Waals surface area contributed by atoms with Crippen LogP contribution < -0.4 is 15.1 Å². The number of ether oxygens (including phenoxy) is 1. The molecule has 2 saturated heterocycles. The Labute approximate surface area is 217 Å². The first-order valence-corrected chi connectivity index (χ1v) is 12.7. The Balaban J connectivity index is 1.50. The molecule has 1 amide bonds. The predicted octanol–water partition coefficient (Wildman–Crippen LogP) is 3.90. The number of carbonyl (C=O) groups is 1. The molecule has 2 atom stereocenters. The SMILES string of the molecule is C[C@@H]1CN(c2cc(F)c(-c3cnc(N4CCOCC4)nc3)cc2NC(=O)c2ccccc2)C[C@H](C)N1C. The normalized spacial score (nSPS) is 20.6. The lowest BCUT2D eigenvalue weighted by Crippen LogP contribution is -2.55. The number of nitrogens with one attached hydrogen (secondary N) is 1. The minimum Gasteiger partial charge on any atom is -0.378 e. The maximum atomic E-state index is 15.6. The molecule has 0 radical (unpaired) electrons. The van der Waals surface area contributed by atoms with Crippen LogP contribution in [-0.4, -0.2) is 79.3 Å². The maximum Gasteiger partial charge on any atom is 0.255 e. The first-order valence-electron chi connectivity index (χ1n) is 12.7. The van der Waals surface area contributed by atoms with Crippen LogP contribution in [0.4, 0.5) is 21.7 Å². The number of benzene rings is 2. The predicted molar refractivity (Wildman–Crippen MR) is 144 cm³/mol. The molecule has 194 valence electrons. The van der Waals surface area contributed by atoms with Gasteiger partial charge in [0.1, 0.15) is 5.82 Å². The summed E-state index contributed by atoms with van der Waals surface area (Å²) in [5, 5.41) is 3.04. The Morgan fingerprint density at radius 2 is 1.65 bits per heavy atom. The van der Waals surface area contributed by atoms with E-state index in [1.165, 1.54) is 6.07 Å². The van der Waals surface area contributed by atoms with Gasteiger partial charge in [0.15, 0.2) is 0 Å². The van der Waals surface area contributed by atoms with E-state index in [2.05, 4.69) is 46.0 Å². The van der Waals surface area contributed by atoms with Gasteiger partial charge in [0.25, 0.3) is 5.91 Å². The van der Waals surface area contributed by atoms with E-state index in [1.807, 2.05) is 23.1 Å². The molecule has 1 aromatic heterocycles. The van der Waals surface area contributed by atoms with Crippen LogP contribution in [0.5, 0.6) is 0 Å². The highest BCUT2D eigenvalue weighted by atomic mass is 19.1. The fourth-order valence-corrected chi connectivity index (χ4v) is 4.92. The fraction of sp³-hybridized carbons (Fsp3) is 0.393. The van der Waals surface area contributed by atoms with Gasteiger partial charge in [-0.2, -0.15) is 0 Å². The molecule has 3 heterocycles. The van der Waals surface area contributed by atoms with E-state index >= 15 is 4.39 Å². The van der Waals surface area contributed by atoms with Crippen molar-refractivity contribution < 1.29 is 13.9 Å². The van der Waals surface area contributed by atoms with Gasteiger partial charge in [-0.1, -0.05) is 18.2 Å². The maximum absolute atomic E-state index is 15.6. The van der Waals surface area contributed by atoms with Crippen LogP contribution in [0.15, 0.2) is 54.9 Å². The number of nitrogens with zero attached hydrogens (tertiary/aromatic N) is 5. The summed E-state index contributed by atoms with van der Waals surface area (Å²) < 4.78 is 21.0. The second-order valence-electron chi connectivity index (χ2n) is 9.81. The zero-order chi connectivity index (χ0) is 25.9. The molecule has 9 heteroatoms. The Hall–Kier alpha value is -3.56. The molecule has 1 N–H and O–H groups in total. The van der Waals surface area contributed by atoms with Crippen molar-refractivity contribution >= 4 is 23.2 Å². The number of hydrogen-bond acceptors (Lipinski definition) is 7. The number of hydrogen-bond donors (Lipinski definition) is 1. The van der Waals surface area contributed by atoms with Gasteiger partial charge >= 0.3 is 0 Å². The number of morpholine rings is 1. The van der Waals surface area contributed by atoms with Gasteiger partial charge in [-0.15, -0.1) is 0 Å². The summed E-state index contributed by atoms with van der Waals surface area (Å²) in [4.78, 5) is 28.6. The standard InChI is InChI=1S/C28H33FN6O2/c1-19-17-35(18-20(2)33(19)3)26-14-24(29)23(13-25(26)32-27(36)21-7-5-4-6-8-21)22-15-30-28(31-16-22)34-9-11-37-12-10-34/h4-8,13-16,19-20H,9-12,17-18H2,1-3H3,(H,32,36)/t19-,20+. The van der Waals surface area contributed by atoms with Crippen molar-refractivity contribution in [2.45, 2.75) is 25.9 Å². The molecule has 8 nitrogen and oxygen atoms in total. The molecule has 37 heavy (non-hydrogen) atoms. The summed E-state index contributed by atoms with van der Waals surface area (Å²) in [7, 11) is 2.11. The van der Waals surface area contributed by atoms with Crippen LogP contribution in [0.3, 0.4) is 0 Å². The van der Waals surface area contributed by atoms with Crippen molar-refractivity contribution in [3.63, 3.8) is 0 Å². The third-order valence-electron chi connectivity index (χ3n) is 7.31. The van der Waals surface area contributed by atoms with Crippen molar-refractivity contribution in [3.8, 4) is 11.1 Å². The summed E-state index contributed by atoms with van der Waals surface area (Å²) in [5.74, 6) is -0.0229. The number of amides is 1. The number of likely N-dealkylation sites (N-methyl/N-ethyl adjacent to an activating group) is 1. The van der Waals surface area contributed by atoms with E-state index in [-0.39, 0.29) is 23.8 Å². The number of aromatic nitrogens is 2. The van der Waals surface area contributed by atoms with Crippen molar-refractivity contribution in [1.82, 2.24) is 14.9 Å². The van der Waals surface area contributed by atoms with Crippen LogP contribution in [0, 0.1) is 5.82 Å². The molecule has 2 aromatic carbocycles. The molecule has 2 aliphatic heterocycles. The smallest absolute Gasteiger partial charge is 0.255 e. The fourth-order valence-electron chi connectivity index (χ4n) is 4.92. The highest BCUT2D eigenvalue weighted by molar-refractivity contribution is 6.06. The van der Waals surface area contributed by atoms with Crippen LogP contribution in [0.1, 0.15) is 24.2 Å². The Bertz CT molecular complexity index is 1220. The van der Waals surface area contributed by atoms with Gasteiger partial charge < -0.3 is 19.9 Å². The first kappa shape index (κ1) is 25.1. The van der Waals surface area contributed by atoms with Crippen molar-refractivity contribution in [3.05, 3.63) is 66.2 Å². The number of carbonyl (C=O) groups excluding carboxylic acids is 1. The molecule has 2 fully saturated rings. The molecule has 2 aliphatic rings. The molecule has 0 bridgehead atoms. The number of piperazine rings is 1. The van der Waals surface area contributed by atoms with Gasteiger partial charge in [0, 0.05) is 67.3 Å². The zero-order valence-corrected chi connectivity index (χ0v) is 21.5. The summed E-state index contributed by atoms with van der Waals surface area (Å²) >= 11 is 0. The molecular weight excluding hydrogens is 471 g/mol. The lowest BCUT2D eigenvalue weighted by Gasteiger charge is -2.44. The quantitative estimate of drug-likeness (QED) is 0.565. The van der Waals surface area contributed by atoms with Gasteiger partial charge in [-0.25, -0.2) is 14.4 Å². The molecule has 0 aliphatic carbocycles. The zero-order valence-electron chi connectivity index (χ0n) is 21.5. The van der Waals surface area contributed by atoms with Gasteiger partial charge in [-0.05, 0) is 45.2 Å². The van der Waals surface area contributed by atoms with Gasteiger partial charge in [0.05, 0.1) is 24.6 Å².